The first-order valence-corrected chi connectivity index (χ1v) is 4.22. The van der Waals surface area contributed by atoms with E-state index >= 15 is 0 Å². The van der Waals surface area contributed by atoms with Crippen molar-refractivity contribution in [3.05, 3.63) is 16.6 Å². The van der Waals surface area contributed by atoms with Gasteiger partial charge in [0.15, 0.2) is 0 Å². The number of aromatic nitrogens is 1. The van der Waals surface area contributed by atoms with Gasteiger partial charge in [0.25, 0.3) is 0 Å². The summed E-state index contributed by atoms with van der Waals surface area (Å²) in [5.74, 6) is 2.41. The highest BCUT2D eigenvalue weighted by molar-refractivity contribution is 7.09. The predicted octanol–water partition coefficient (Wildman–Crippen LogP) is 0.931. The Labute approximate surface area is 75.1 Å². The first-order chi connectivity index (χ1) is 5.88. The van der Waals surface area contributed by atoms with Crippen LogP contribution in [-0.2, 0) is 0 Å². The van der Waals surface area contributed by atoms with Crippen molar-refractivity contribution in [2.24, 2.45) is 0 Å². The second kappa shape index (κ2) is 4.50. The summed E-state index contributed by atoms with van der Waals surface area (Å²) >= 11 is 1.44. The van der Waals surface area contributed by atoms with Crippen LogP contribution in [0, 0.1) is 23.7 Å². The molecule has 1 aromatic rings. The molecule has 0 saturated heterocycles. The molecule has 0 fully saturated rings. The number of terminal acetylenes is 1. The van der Waals surface area contributed by atoms with Crippen molar-refractivity contribution in [1.29, 1.82) is 5.26 Å². The minimum Gasteiger partial charge on any atom is -0.285 e. The topological polar surface area (TPSA) is 48.7 Å². The van der Waals surface area contributed by atoms with Gasteiger partial charge in [-0.1, -0.05) is 5.92 Å². The van der Waals surface area contributed by atoms with Gasteiger partial charge in [0, 0.05) is 11.6 Å². The zero-order valence-corrected chi connectivity index (χ0v) is 7.14. The largest absolute Gasteiger partial charge is 0.285 e. The van der Waals surface area contributed by atoms with Crippen molar-refractivity contribution in [2.45, 2.75) is 6.04 Å². The summed E-state index contributed by atoms with van der Waals surface area (Å²) in [4.78, 5) is 4.01. The third-order valence-electron chi connectivity index (χ3n) is 1.24. The predicted molar refractivity (Wildman–Crippen MR) is 47.3 cm³/mol. The molecular formula is C8H7N3S. The van der Waals surface area contributed by atoms with Gasteiger partial charge in [0.05, 0.1) is 12.6 Å². The van der Waals surface area contributed by atoms with Gasteiger partial charge in [-0.05, 0) is 0 Å². The van der Waals surface area contributed by atoms with Crippen LogP contribution in [0.4, 0.5) is 0 Å². The lowest BCUT2D eigenvalue weighted by Gasteiger charge is -2.03. The second-order valence-corrected chi connectivity index (χ2v) is 2.94. The van der Waals surface area contributed by atoms with E-state index in [1.165, 1.54) is 11.3 Å². The van der Waals surface area contributed by atoms with Gasteiger partial charge >= 0.3 is 0 Å². The number of rotatable bonds is 3. The number of thiazole rings is 1. The first kappa shape index (κ1) is 8.73. The van der Waals surface area contributed by atoms with Crippen molar-refractivity contribution in [2.75, 3.05) is 6.54 Å². The van der Waals surface area contributed by atoms with Crippen LogP contribution in [0.2, 0.25) is 0 Å². The molecule has 0 spiro atoms. The van der Waals surface area contributed by atoms with Crippen LogP contribution in [0.3, 0.4) is 0 Å². The van der Waals surface area contributed by atoms with Gasteiger partial charge in [0.1, 0.15) is 11.0 Å². The fourth-order valence-corrected chi connectivity index (χ4v) is 1.38. The molecule has 0 aliphatic heterocycles. The lowest BCUT2D eigenvalue weighted by Crippen LogP contribution is -2.19. The van der Waals surface area contributed by atoms with Crippen LogP contribution in [0.1, 0.15) is 11.0 Å². The number of hydrogen-bond donors (Lipinski definition) is 1. The van der Waals surface area contributed by atoms with Crippen molar-refractivity contribution >= 4 is 11.3 Å². The zero-order valence-electron chi connectivity index (χ0n) is 6.32. The number of hydrogen-bond acceptors (Lipinski definition) is 4. The summed E-state index contributed by atoms with van der Waals surface area (Å²) in [5, 5.41) is 14.2. The molecule has 12 heavy (non-hydrogen) atoms. The van der Waals surface area contributed by atoms with E-state index in [2.05, 4.69) is 22.3 Å². The number of nitrogens with zero attached hydrogens (tertiary/aromatic N) is 2. The minimum absolute atomic E-state index is 0.374. The third-order valence-corrected chi connectivity index (χ3v) is 2.08. The van der Waals surface area contributed by atoms with E-state index in [0.29, 0.717) is 6.54 Å². The van der Waals surface area contributed by atoms with Crippen LogP contribution in [0.5, 0.6) is 0 Å². The van der Waals surface area contributed by atoms with Crippen molar-refractivity contribution in [1.82, 2.24) is 10.3 Å². The Bertz CT molecular complexity index is 304. The van der Waals surface area contributed by atoms with Crippen LogP contribution in [0.25, 0.3) is 0 Å². The Morgan fingerprint density at radius 2 is 2.67 bits per heavy atom. The molecule has 60 valence electrons. The molecule has 1 N–H and O–H groups in total. The van der Waals surface area contributed by atoms with Crippen molar-refractivity contribution < 1.29 is 0 Å². The summed E-state index contributed by atoms with van der Waals surface area (Å²) in [6, 6.07) is 1.71. The summed E-state index contributed by atoms with van der Waals surface area (Å²) in [6.07, 6.45) is 6.71. The van der Waals surface area contributed by atoms with Crippen LogP contribution < -0.4 is 5.32 Å². The summed E-state index contributed by atoms with van der Waals surface area (Å²) in [5.41, 5.74) is 0. The van der Waals surface area contributed by atoms with Gasteiger partial charge in [-0.15, -0.1) is 17.8 Å². The average Bonchev–Trinajstić information content (AvgIpc) is 2.59. The molecule has 1 heterocycles. The lowest BCUT2D eigenvalue weighted by molar-refractivity contribution is 0.686. The van der Waals surface area contributed by atoms with Crippen LogP contribution in [-0.4, -0.2) is 11.5 Å². The minimum atomic E-state index is -0.374. The number of nitrogens with one attached hydrogen (secondary N) is 1. The molecule has 3 nitrogen and oxygen atoms in total. The van der Waals surface area contributed by atoms with Crippen LogP contribution in [0.15, 0.2) is 11.6 Å². The molecule has 1 atom stereocenters. The molecular weight excluding hydrogens is 170 g/mol. The van der Waals surface area contributed by atoms with E-state index in [1.807, 2.05) is 5.38 Å². The Hall–Kier alpha value is -1.36. The molecule has 0 aliphatic rings. The highest BCUT2D eigenvalue weighted by Gasteiger charge is 2.10. The Morgan fingerprint density at radius 3 is 3.17 bits per heavy atom. The average molecular weight is 177 g/mol. The van der Waals surface area contributed by atoms with Gasteiger partial charge in [0.2, 0.25) is 0 Å². The maximum absolute atomic E-state index is 8.71. The standard InChI is InChI=1S/C8H7N3S/c1-2-3-10-7(6-9)8-11-4-5-12-8/h1,4-5,7,10H,3H2. The molecule has 1 aromatic heterocycles. The maximum atomic E-state index is 8.71. The highest BCUT2D eigenvalue weighted by Crippen LogP contribution is 2.13. The summed E-state index contributed by atoms with van der Waals surface area (Å²) in [6.45, 7) is 0.387. The molecule has 0 radical (unpaired) electrons. The molecule has 0 saturated carbocycles. The van der Waals surface area contributed by atoms with E-state index < -0.39 is 0 Å². The smallest absolute Gasteiger partial charge is 0.148 e. The van der Waals surface area contributed by atoms with Gasteiger partial charge in [-0.3, -0.25) is 5.32 Å². The SMILES string of the molecule is C#CCNC(C#N)c1nccs1. The summed E-state index contributed by atoms with van der Waals surface area (Å²) < 4.78 is 0. The fourth-order valence-electron chi connectivity index (χ4n) is 0.726. The van der Waals surface area contributed by atoms with Crippen molar-refractivity contribution in [3.63, 3.8) is 0 Å². The monoisotopic (exact) mass is 177 g/mol. The van der Waals surface area contributed by atoms with E-state index in [9.17, 15) is 0 Å². The Kier molecular flexibility index (Phi) is 3.28. The summed E-state index contributed by atoms with van der Waals surface area (Å²) in [7, 11) is 0. The second-order valence-electron chi connectivity index (χ2n) is 2.02. The fraction of sp³-hybridized carbons (Fsp3) is 0.250. The highest BCUT2D eigenvalue weighted by atomic mass is 32.1. The molecule has 0 aromatic carbocycles. The van der Waals surface area contributed by atoms with E-state index in [-0.39, 0.29) is 6.04 Å². The zero-order chi connectivity index (χ0) is 8.81. The first-order valence-electron chi connectivity index (χ1n) is 3.34. The molecule has 0 bridgehead atoms. The van der Waals surface area contributed by atoms with E-state index in [4.69, 9.17) is 11.7 Å². The Balaban J connectivity index is 2.60. The van der Waals surface area contributed by atoms with Gasteiger partial charge in [-0.2, -0.15) is 5.26 Å². The molecule has 0 aliphatic carbocycles. The van der Waals surface area contributed by atoms with Gasteiger partial charge < -0.3 is 0 Å². The number of nitriles is 1. The molecule has 0 amide bonds. The molecule has 4 heteroatoms. The normalized spacial score (nSPS) is 11.5. The van der Waals surface area contributed by atoms with Crippen molar-refractivity contribution in [3.8, 4) is 18.4 Å². The van der Waals surface area contributed by atoms with Crippen LogP contribution >= 0.6 is 11.3 Å². The molecule has 1 rings (SSSR count). The van der Waals surface area contributed by atoms with Gasteiger partial charge in [-0.25, -0.2) is 4.98 Å². The maximum Gasteiger partial charge on any atom is 0.148 e. The third kappa shape index (κ3) is 2.06. The Morgan fingerprint density at radius 1 is 1.83 bits per heavy atom. The molecule has 1 unspecified atom stereocenters. The van der Waals surface area contributed by atoms with E-state index in [0.717, 1.165) is 5.01 Å². The van der Waals surface area contributed by atoms with E-state index in [1.54, 1.807) is 6.20 Å². The quantitative estimate of drug-likeness (QED) is 0.699. The lowest BCUT2D eigenvalue weighted by atomic mass is 10.3.